The van der Waals surface area contributed by atoms with Crippen LogP contribution < -0.4 is 10.1 Å². The summed E-state index contributed by atoms with van der Waals surface area (Å²) in [6.45, 7) is 2.43. The number of rotatable bonds is 7. The average molecular weight is 489 g/mol. The van der Waals surface area contributed by atoms with Crippen LogP contribution in [-0.2, 0) is 9.84 Å². The summed E-state index contributed by atoms with van der Waals surface area (Å²) in [7, 11) is -4.00. The van der Waals surface area contributed by atoms with E-state index in [1.165, 1.54) is 24.3 Å². The van der Waals surface area contributed by atoms with E-state index >= 15 is 0 Å². The monoisotopic (exact) mass is 488 g/mol. The SMILES string of the molecule is CCOc1ccc(-c2nc(S(=O)(=O)c3ccc(Cl)cc3)c(Nc3ccc(Cl)cc3)o2)cc1. The molecule has 0 atom stereocenters. The van der Waals surface area contributed by atoms with Gasteiger partial charge in [-0.1, -0.05) is 23.2 Å². The number of halogens is 2. The molecule has 0 radical (unpaired) electrons. The van der Waals surface area contributed by atoms with E-state index in [0.717, 1.165) is 0 Å². The van der Waals surface area contributed by atoms with Crippen molar-refractivity contribution in [3.8, 4) is 17.2 Å². The third-order valence-electron chi connectivity index (χ3n) is 4.49. The average Bonchev–Trinajstić information content (AvgIpc) is 3.21. The van der Waals surface area contributed by atoms with Gasteiger partial charge in [0, 0.05) is 21.3 Å². The molecule has 1 heterocycles. The number of hydrogen-bond donors (Lipinski definition) is 1. The van der Waals surface area contributed by atoms with Crippen LogP contribution in [0.25, 0.3) is 11.5 Å². The Hall–Kier alpha value is -3.00. The van der Waals surface area contributed by atoms with Crippen molar-refractivity contribution in [2.75, 3.05) is 11.9 Å². The number of hydrogen-bond acceptors (Lipinski definition) is 6. The Kier molecular flexibility index (Phi) is 6.41. The summed E-state index contributed by atoms with van der Waals surface area (Å²) in [6.07, 6.45) is 0. The molecular weight excluding hydrogens is 471 g/mol. The number of aromatic nitrogens is 1. The first-order valence-electron chi connectivity index (χ1n) is 9.64. The molecule has 0 aliphatic heterocycles. The van der Waals surface area contributed by atoms with E-state index in [4.69, 9.17) is 32.4 Å². The van der Waals surface area contributed by atoms with Gasteiger partial charge in [0.15, 0.2) is 0 Å². The third kappa shape index (κ3) is 4.75. The van der Waals surface area contributed by atoms with Crippen LogP contribution in [0.4, 0.5) is 11.6 Å². The van der Waals surface area contributed by atoms with Crippen LogP contribution in [0.2, 0.25) is 10.0 Å². The first-order chi connectivity index (χ1) is 15.4. The zero-order chi connectivity index (χ0) is 22.7. The molecule has 4 rings (SSSR count). The molecule has 32 heavy (non-hydrogen) atoms. The minimum Gasteiger partial charge on any atom is -0.494 e. The molecule has 0 aliphatic carbocycles. The molecule has 0 saturated heterocycles. The van der Waals surface area contributed by atoms with Crippen molar-refractivity contribution < 1.29 is 17.6 Å². The fourth-order valence-corrected chi connectivity index (χ4v) is 4.45. The zero-order valence-corrected chi connectivity index (χ0v) is 19.2. The lowest BCUT2D eigenvalue weighted by atomic mass is 10.2. The largest absolute Gasteiger partial charge is 0.494 e. The van der Waals surface area contributed by atoms with Crippen LogP contribution in [0.3, 0.4) is 0 Å². The van der Waals surface area contributed by atoms with Crippen molar-refractivity contribution in [3.05, 3.63) is 82.8 Å². The highest BCUT2D eigenvalue weighted by atomic mass is 35.5. The summed E-state index contributed by atoms with van der Waals surface area (Å²) < 4.78 is 38.0. The smallest absolute Gasteiger partial charge is 0.238 e. The summed E-state index contributed by atoms with van der Waals surface area (Å²) in [6, 6.07) is 19.7. The Morgan fingerprint density at radius 2 is 1.50 bits per heavy atom. The van der Waals surface area contributed by atoms with Crippen LogP contribution >= 0.6 is 23.2 Å². The predicted molar refractivity (Wildman–Crippen MR) is 125 cm³/mol. The molecule has 1 aromatic heterocycles. The molecule has 0 saturated carbocycles. The number of benzene rings is 3. The van der Waals surface area contributed by atoms with Crippen LogP contribution in [0.15, 0.2) is 87.1 Å². The Labute approximate surface area is 195 Å². The molecule has 0 bridgehead atoms. The number of oxazole rings is 1. The second-order valence-electron chi connectivity index (χ2n) is 6.70. The molecule has 0 aliphatic rings. The number of anilines is 2. The number of nitrogens with one attached hydrogen (secondary N) is 1. The summed E-state index contributed by atoms with van der Waals surface area (Å²) in [5.74, 6) is 0.833. The molecule has 6 nitrogen and oxygen atoms in total. The van der Waals surface area contributed by atoms with Gasteiger partial charge in [0.1, 0.15) is 5.75 Å². The van der Waals surface area contributed by atoms with Gasteiger partial charge in [0.2, 0.25) is 26.6 Å². The minimum absolute atomic E-state index is 0.00819. The second-order valence-corrected chi connectivity index (χ2v) is 9.44. The lowest BCUT2D eigenvalue weighted by molar-refractivity contribution is 0.340. The first-order valence-corrected chi connectivity index (χ1v) is 11.9. The Bertz CT molecular complexity index is 1320. The van der Waals surface area contributed by atoms with Crippen molar-refractivity contribution in [2.24, 2.45) is 0 Å². The fourth-order valence-electron chi connectivity index (χ4n) is 2.94. The molecule has 0 spiro atoms. The van der Waals surface area contributed by atoms with Gasteiger partial charge in [-0.05, 0) is 79.7 Å². The Balaban J connectivity index is 1.79. The molecule has 1 N–H and O–H groups in total. The highest BCUT2D eigenvalue weighted by Gasteiger charge is 2.29. The lowest BCUT2D eigenvalue weighted by Gasteiger charge is -2.06. The van der Waals surface area contributed by atoms with E-state index in [9.17, 15) is 8.42 Å². The quantitative estimate of drug-likeness (QED) is 0.314. The summed E-state index contributed by atoms with van der Waals surface area (Å²) in [4.78, 5) is 4.37. The van der Waals surface area contributed by atoms with Gasteiger partial charge in [-0.25, -0.2) is 8.42 Å². The predicted octanol–water partition coefficient (Wildman–Crippen LogP) is 6.62. The highest BCUT2D eigenvalue weighted by Crippen LogP contribution is 2.35. The Morgan fingerprint density at radius 1 is 0.906 bits per heavy atom. The van der Waals surface area contributed by atoms with Gasteiger partial charge in [-0.3, -0.25) is 0 Å². The second kappa shape index (κ2) is 9.24. The molecule has 0 amide bonds. The van der Waals surface area contributed by atoms with Gasteiger partial charge < -0.3 is 14.5 Å². The molecule has 0 unspecified atom stereocenters. The van der Waals surface area contributed by atoms with Crippen LogP contribution in [-0.4, -0.2) is 20.0 Å². The van der Waals surface area contributed by atoms with Crippen LogP contribution in [0.5, 0.6) is 5.75 Å². The van der Waals surface area contributed by atoms with Gasteiger partial charge >= 0.3 is 0 Å². The summed E-state index contributed by atoms with van der Waals surface area (Å²) in [5.41, 5.74) is 1.20. The fraction of sp³-hybridized carbons (Fsp3) is 0.0870. The van der Waals surface area contributed by atoms with Gasteiger partial charge in [0.25, 0.3) is 0 Å². The zero-order valence-electron chi connectivity index (χ0n) is 16.9. The number of ether oxygens (including phenoxy) is 1. The molecule has 0 fully saturated rings. The van der Waals surface area contributed by atoms with E-state index in [1.807, 2.05) is 6.92 Å². The number of nitrogens with zero attached hydrogens (tertiary/aromatic N) is 1. The summed E-state index contributed by atoms with van der Waals surface area (Å²) >= 11 is 11.9. The topological polar surface area (TPSA) is 81.4 Å². The third-order valence-corrected chi connectivity index (χ3v) is 6.67. The maximum atomic E-state index is 13.3. The minimum atomic E-state index is -4.00. The van der Waals surface area contributed by atoms with Crippen molar-refractivity contribution in [1.82, 2.24) is 4.98 Å². The normalized spacial score (nSPS) is 11.3. The van der Waals surface area contributed by atoms with Crippen LogP contribution in [0.1, 0.15) is 6.92 Å². The Morgan fingerprint density at radius 3 is 2.09 bits per heavy atom. The van der Waals surface area contributed by atoms with Crippen molar-refractivity contribution in [1.29, 1.82) is 0 Å². The van der Waals surface area contributed by atoms with E-state index in [0.29, 0.717) is 33.7 Å². The van der Waals surface area contributed by atoms with Crippen molar-refractivity contribution in [2.45, 2.75) is 16.8 Å². The molecule has 3 aromatic carbocycles. The van der Waals surface area contributed by atoms with E-state index in [-0.39, 0.29) is 21.7 Å². The maximum absolute atomic E-state index is 13.3. The van der Waals surface area contributed by atoms with Crippen molar-refractivity contribution >= 4 is 44.6 Å². The molecule has 164 valence electrons. The van der Waals surface area contributed by atoms with E-state index < -0.39 is 9.84 Å². The molecular formula is C23H18Cl2N2O4S. The first kappa shape index (κ1) is 22.2. The number of sulfone groups is 1. The van der Waals surface area contributed by atoms with Gasteiger partial charge in [-0.2, -0.15) is 4.98 Å². The van der Waals surface area contributed by atoms with Crippen molar-refractivity contribution in [3.63, 3.8) is 0 Å². The molecule has 9 heteroatoms. The van der Waals surface area contributed by atoms with Gasteiger partial charge in [-0.15, -0.1) is 0 Å². The maximum Gasteiger partial charge on any atom is 0.238 e. The standard InChI is InChI=1S/C23H18Cl2N2O4S/c1-2-30-19-11-3-15(4-12-19)21-27-23(32(28,29)20-13-7-17(25)8-14-20)22(31-21)26-18-9-5-16(24)6-10-18/h3-14,26H,2H2,1H3. The lowest BCUT2D eigenvalue weighted by Crippen LogP contribution is -2.05. The van der Waals surface area contributed by atoms with Gasteiger partial charge in [0.05, 0.1) is 11.5 Å². The van der Waals surface area contributed by atoms with E-state index in [1.54, 1.807) is 48.5 Å². The summed E-state index contributed by atoms with van der Waals surface area (Å²) in [5, 5.41) is 3.74. The van der Waals surface area contributed by atoms with Crippen LogP contribution in [0, 0.1) is 0 Å². The molecule has 4 aromatic rings. The highest BCUT2D eigenvalue weighted by molar-refractivity contribution is 7.91. The van der Waals surface area contributed by atoms with E-state index in [2.05, 4.69) is 10.3 Å².